The molecule has 2 N–H and O–H groups in total. The molecular formula is C21H17N3O8. The molecule has 0 saturated heterocycles. The third-order valence-electron chi connectivity index (χ3n) is 5.14. The molecule has 32 heavy (non-hydrogen) atoms. The predicted octanol–water partition coefficient (Wildman–Crippen LogP) is 3.43. The fourth-order valence-electron chi connectivity index (χ4n) is 3.65. The van der Waals surface area contributed by atoms with Crippen LogP contribution in [0.1, 0.15) is 24.0 Å². The Hall–Kier alpha value is -4.54. The molecule has 0 saturated carbocycles. The van der Waals surface area contributed by atoms with Gasteiger partial charge < -0.3 is 15.1 Å². The molecule has 1 heterocycles. The summed E-state index contributed by atoms with van der Waals surface area (Å²) in [4.78, 5) is 46.8. The Labute approximate surface area is 180 Å². The van der Waals surface area contributed by atoms with Gasteiger partial charge in [0.15, 0.2) is 0 Å². The molecule has 0 aromatic heterocycles. The lowest BCUT2D eigenvalue weighted by Gasteiger charge is -2.33. The summed E-state index contributed by atoms with van der Waals surface area (Å²) in [7, 11) is 0. The first-order valence-electron chi connectivity index (χ1n) is 9.24. The molecule has 164 valence electrons. The third kappa shape index (κ3) is 4.17. The summed E-state index contributed by atoms with van der Waals surface area (Å²) in [5, 5.41) is 42.2. The van der Waals surface area contributed by atoms with Crippen LogP contribution in [0.3, 0.4) is 0 Å². The number of nitro groups is 2. The highest BCUT2D eigenvalue weighted by molar-refractivity contribution is 5.97. The average molecular weight is 439 g/mol. The molecule has 0 amide bonds. The molecule has 1 atom stereocenters. The van der Waals surface area contributed by atoms with Crippen LogP contribution in [0.4, 0.5) is 11.4 Å². The number of carbonyl (C=O) groups is 2. The van der Waals surface area contributed by atoms with Gasteiger partial charge in [-0.25, -0.2) is 9.59 Å². The van der Waals surface area contributed by atoms with Crippen molar-refractivity contribution in [1.29, 1.82) is 0 Å². The summed E-state index contributed by atoms with van der Waals surface area (Å²) in [5.74, 6) is -4.09. The highest BCUT2D eigenvalue weighted by Gasteiger charge is 2.37. The predicted molar refractivity (Wildman–Crippen MR) is 111 cm³/mol. The zero-order valence-electron chi connectivity index (χ0n) is 16.7. The largest absolute Gasteiger partial charge is 0.478 e. The maximum atomic E-state index is 12.2. The lowest BCUT2D eigenvalue weighted by molar-refractivity contribution is -0.385. The topological polar surface area (TPSA) is 164 Å². The number of carboxylic acids is 2. The minimum atomic E-state index is -1.42. The zero-order chi connectivity index (χ0) is 23.6. The van der Waals surface area contributed by atoms with Gasteiger partial charge in [-0.3, -0.25) is 20.2 Å². The van der Waals surface area contributed by atoms with Crippen molar-refractivity contribution in [3.8, 4) is 0 Å². The van der Waals surface area contributed by atoms with E-state index in [-0.39, 0.29) is 45.9 Å². The number of carboxylic acid groups (broad SMARTS) is 2. The quantitative estimate of drug-likeness (QED) is 0.485. The van der Waals surface area contributed by atoms with E-state index >= 15 is 0 Å². The minimum absolute atomic E-state index is 0.134. The number of aliphatic carboxylic acids is 2. The fourth-order valence-corrected chi connectivity index (χ4v) is 3.65. The summed E-state index contributed by atoms with van der Waals surface area (Å²) in [6.07, 6.45) is 1.21. The van der Waals surface area contributed by atoms with E-state index in [0.717, 1.165) is 6.07 Å². The van der Waals surface area contributed by atoms with Crippen LogP contribution in [-0.4, -0.2) is 36.9 Å². The van der Waals surface area contributed by atoms with Gasteiger partial charge >= 0.3 is 11.9 Å². The highest BCUT2D eigenvalue weighted by atomic mass is 16.6. The van der Waals surface area contributed by atoms with Gasteiger partial charge in [0, 0.05) is 35.7 Å². The lowest BCUT2D eigenvalue weighted by Crippen LogP contribution is -2.31. The number of nitro benzene ring substituents is 2. The second-order valence-corrected chi connectivity index (χ2v) is 6.99. The first-order chi connectivity index (χ1) is 15.1. The molecule has 11 nitrogen and oxygen atoms in total. The maximum absolute atomic E-state index is 12.2. The van der Waals surface area contributed by atoms with Crippen molar-refractivity contribution < 1.29 is 29.6 Å². The van der Waals surface area contributed by atoms with E-state index in [2.05, 4.69) is 0 Å². The average Bonchev–Trinajstić information content (AvgIpc) is 2.74. The fraction of sp³-hybridized carbons (Fsp3) is 0.143. The minimum Gasteiger partial charge on any atom is -0.478 e. The van der Waals surface area contributed by atoms with Crippen molar-refractivity contribution in [2.75, 3.05) is 0 Å². The summed E-state index contributed by atoms with van der Waals surface area (Å²) in [6.45, 7) is 1.32. The molecule has 11 heteroatoms. The SMILES string of the molecule is CC1=C(C(=O)O)C(c2cccc([N+](=O)[O-])c2)C(C(=O)O)=CN1Cc1ccccc1[N+](=O)[O-]. The molecule has 1 aliphatic heterocycles. The van der Waals surface area contributed by atoms with E-state index in [1.807, 2.05) is 0 Å². The monoisotopic (exact) mass is 439 g/mol. The Morgan fingerprint density at radius 2 is 1.69 bits per heavy atom. The first-order valence-corrected chi connectivity index (χ1v) is 9.24. The molecule has 2 aromatic carbocycles. The van der Waals surface area contributed by atoms with E-state index in [1.54, 1.807) is 6.07 Å². The van der Waals surface area contributed by atoms with Gasteiger partial charge in [0.2, 0.25) is 0 Å². The van der Waals surface area contributed by atoms with Crippen LogP contribution in [-0.2, 0) is 16.1 Å². The Morgan fingerprint density at radius 1 is 1.00 bits per heavy atom. The Bertz CT molecular complexity index is 1200. The van der Waals surface area contributed by atoms with Crippen molar-refractivity contribution in [3.63, 3.8) is 0 Å². The first kappa shape index (κ1) is 22.2. The van der Waals surface area contributed by atoms with Crippen LogP contribution in [0.25, 0.3) is 0 Å². The second kappa shape index (κ2) is 8.68. The molecule has 0 fully saturated rings. The molecule has 1 aliphatic rings. The Morgan fingerprint density at radius 3 is 2.28 bits per heavy atom. The molecule has 0 aliphatic carbocycles. The third-order valence-corrected chi connectivity index (χ3v) is 5.14. The van der Waals surface area contributed by atoms with E-state index in [9.17, 15) is 40.0 Å². The van der Waals surface area contributed by atoms with Gasteiger partial charge in [-0.15, -0.1) is 0 Å². The van der Waals surface area contributed by atoms with Gasteiger partial charge in [0.25, 0.3) is 11.4 Å². The number of benzene rings is 2. The number of rotatable bonds is 7. The van der Waals surface area contributed by atoms with Gasteiger partial charge in [-0.2, -0.15) is 0 Å². The molecule has 0 spiro atoms. The summed E-state index contributed by atoms with van der Waals surface area (Å²) < 4.78 is 0. The summed E-state index contributed by atoms with van der Waals surface area (Å²) in [6, 6.07) is 11.0. The normalized spacial score (nSPS) is 15.8. The highest BCUT2D eigenvalue weighted by Crippen LogP contribution is 2.40. The zero-order valence-corrected chi connectivity index (χ0v) is 16.7. The Kier molecular flexibility index (Phi) is 6.01. The molecule has 2 aromatic rings. The van der Waals surface area contributed by atoms with E-state index in [0.29, 0.717) is 0 Å². The molecule has 1 unspecified atom stereocenters. The van der Waals surface area contributed by atoms with E-state index in [1.165, 1.54) is 54.4 Å². The van der Waals surface area contributed by atoms with Crippen molar-refractivity contribution in [1.82, 2.24) is 4.90 Å². The number of para-hydroxylation sites is 1. The maximum Gasteiger partial charge on any atom is 0.334 e. The van der Waals surface area contributed by atoms with Crippen molar-refractivity contribution in [2.24, 2.45) is 0 Å². The van der Waals surface area contributed by atoms with Gasteiger partial charge in [0.1, 0.15) is 0 Å². The Balaban J connectivity index is 2.16. The smallest absolute Gasteiger partial charge is 0.334 e. The van der Waals surface area contributed by atoms with E-state index in [4.69, 9.17) is 0 Å². The van der Waals surface area contributed by atoms with Gasteiger partial charge in [-0.05, 0) is 12.5 Å². The number of non-ortho nitro benzene ring substituents is 1. The van der Waals surface area contributed by atoms with Crippen molar-refractivity contribution in [3.05, 3.63) is 103 Å². The number of allylic oxidation sites excluding steroid dienone is 1. The molecule has 0 radical (unpaired) electrons. The van der Waals surface area contributed by atoms with Crippen LogP contribution >= 0.6 is 0 Å². The number of hydrogen-bond donors (Lipinski definition) is 2. The standard InChI is InChI=1S/C21H17N3O8/c1-12-18(21(27)28)19(13-6-4-7-15(9-13)23(29)30)16(20(25)26)11-22(12)10-14-5-2-3-8-17(14)24(31)32/h2-9,11,19H,10H2,1H3,(H,25,26)(H,27,28). The van der Waals surface area contributed by atoms with Crippen LogP contribution in [0.15, 0.2) is 71.6 Å². The van der Waals surface area contributed by atoms with Gasteiger partial charge in [-0.1, -0.05) is 30.3 Å². The van der Waals surface area contributed by atoms with E-state index < -0.39 is 27.7 Å². The van der Waals surface area contributed by atoms with Gasteiger partial charge in [0.05, 0.1) is 33.5 Å². The molecule has 3 rings (SSSR count). The molecule has 0 bridgehead atoms. The van der Waals surface area contributed by atoms with Crippen LogP contribution in [0, 0.1) is 20.2 Å². The number of nitrogens with zero attached hydrogens (tertiary/aromatic N) is 3. The lowest BCUT2D eigenvalue weighted by atomic mass is 9.81. The van der Waals surface area contributed by atoms with Crippen molar-refractivity contribution >= 4 is 23.3 Å². The summed E-state index contributed by atoms with van der Waals surface area (Å²) in [5.41, 5.74) is -0.556. The van der Waals surface area contributed by atoms with Crippen molar-refractivity contribution in [2.45, 2.75) is 19.4 Å². The van der Waals surface area contributed by atoms with Crippen LogP contribution < -0.4 is 0 Å². The second-order valence-electron chi connectivity index (χ2n) is 6.99. The van der Waals surface area contributed by atoms with Crippen LogP contribution in [0.5, 0.6) is 0 Å². The summed E-state index contributed by atoms with van der Waals surface area (Å²) >= 11 is 0. The van der Waals surface area contributed by atoms with Crippen LogP contribution in [0.2, 0.25) is 0 Å². The number of hydrogen-bond acceptors (Lipinski definition) is 7. The molecular weight excluding hydrogens is 422 g/mol.